The van der Waals surface area contributed by atoms with Crippen LogP contribution in [0.5, 0.6) is 5.75 Å². The van der Waals surface area contributed by atoms with Crippen LogP contribution in [0.2, 0.25) is 5.02 Å². The van der Waals surface area contributed by atoms with Gasteiger partial charge in [-0.2, -0.15) is 5.10 Å². The smallest absolute Gasteiger partial charge is 0.228 e. The predicted molar refractivity (Wildman–Crippen MR) is 131 cm³/mol. The molecule has 0 spiro atoms. The van der Waals surface area contributed by atoms with E-state index in [1.54, 1.807) is 23.0 Å². The van der Waals surface area contributed by atoms with Gasteiger partial charge in [0.15, 0.2) is 0 Å². The van der Waals surface area contributed by atoms with Crippen molar-refractivity contribution in [1.29, 1.82) is 0 Å². The fourth-order valence-corrected chi connectivity index (χ4v) is 4.60. The second-order valence-corrected chi connectivity index (χ2v) is 9.22. The minimum atomic E-state index is -0.0925. The lowest BCUT2D eigenvalue weighted by atomic mass is 10.1. The first-order chi connectivity index (χ1) is 15.5. The molecule has 1 aliphatic heterocycles. The summed E-state index contributed by atoms with van der Waals surface area (Å²) in [6.07, 6.45) is 4.56. The Morgan fingerprint density at radius 1 is 1.19 bits per heavy atom. The number of anilines is 1. The van der Waals surface area contributed by atoms with E-state index in [2.05, 4.69) is 31.2 Å². The number of amides is 1. The van der Waals surface area contributed by atoms with Crippen LogP contribution in [0.3, 0.4) is 0 Å². The number of likely N-dealkylation sites (tertiary alicyclic amines) is 1. The lowest BCUT2D eigenvalue weighted by Crippen LogP contribution is -2.25. The number of benzene rings is 2. The number of hydrogen-bond acceptors (Lipinski definition) is 4. The van der Waals surface area contributed by atoms with E-state index in [4.69, 9.17) is 16.3 Å². The SMILES string of the molecule is Cn1ncc(Br)c1-c1cc(NC(=O)Cc2ccc(Cl)cc2)ccc1OCCN1CCCC1. The van der Waals surface area contributed by atoms with Gasteiger partial charge in [0.2, 0.25) is 5.91 Å². The van der Waals surface area contributed by atoms with Gasteiger partial charge < -0.3 is 10.1 Å². The summed E-state index contributed by atoms with van der Waals surface area (Å²) in [5.74, 6) is 0.675. The van der Waals surface area contributed by atoms with Crippen molar-refractivity contribution in [2.45, 2.75) is 19.3 Å². The van der Waals surface area contributed by atoms with Crippen LogP contribution in [-0.2, 0) is 18.3 Å². The molecule has 6 nitrogen and oxygen atoms in total. The molecule has 8 heteroatoms. The average Bonchev–Trinajstić information content (AvgIpc) is 3.40. The molecule has 1 aromatic heterocycles. The first-order valence-electron chi connectivity index (χ1n) is 10.7. The van der Waals surface area contributed by atoms with Crippen molar-refractivity contribution >= 4 is 39.1 Å². The number of aromatic nitrogens is 2. The quantitative estimate of drug-likeness (QED) is 0.448. The van der Waals surface area contributed by atoms with Gasteiger partial charge in [-0.25, -0.2) is 0 Å². The van der Waals surface area contributed by atoms with Gasteiger partial charge in [-0.1, -0.05) is 23.7 Å². The third-order valence-corrected chi connectivity index (χ3v) is 6.39. The first-order valence-corrected chi connectivity index (χ1v) is 11.9. The molecule has 0 unspecified atom stereocenters. The van der Waals surface area contributed by atoms with Crippen molar-refractivity contribution in [2.24, 2.45) is 7.05 Å². The largest absolute Gasteiger partial charge is 0.492 e. The molecular formula is C24H26BrClN4O2. The van der Waals surface area contributed by atoms with Crippen LogP contribution in [0.1, 0.15) is 18.4 Å². The summed E-state index contributed by atoms with van der Waals surface area (Å²) in [4.78, 5) is 15.0. The molecule has 0 radical (unpaired) electrons. The van der Waals surface area contributed by atoms with Crippen molar-refractivity contribution in [3.05, 3.63) is 63.7 Å². The Balaban J connectivity index is 1.51. The van der Waals surface area contributed by atoms with Crippen molar-refractivity contribution in [3.63, 3.8) is 0 Å². The van der Waals surface area contributed by atoms with Crippen LogP contribution >= 0.6 is 27.5 Å². The van der Waals surface area contributed by atoms with Gasteiger partial charge in [0.1, 0.15) is 12.4 Å². The molecule has 0 atom stereocenters. The zero-order valence-electron chi connectivity index (χ0n) is 18.0. The summed E-state index contributed by atoms with van der Waals surface area (Å²) in [5.41, 5.74) is 3.39. The van der Waals surface area contributed by atoms with Crippen LogP contribution in [0.4, 0.5) is 5.69 Å². The molecule has 4 rings (SSSR count). The molecule has 0 bridgehead atoms. The Morgan fingerprint density at radius 3 is 2.62 bits per heavy atom. The van der Waals surface area contributed by atoms with Gasteiger partial charge in [-0.3, -0.25) is 14.4 Å². The number of rotatable bonds is 8. The van der Waals surface area contributed by atoms with Crippen molar-refractivity contribution in [2.75, 3.05) is 31.6 Å². The van der Waals surface area contributed by atoms with Gasteiger partial charge in [0.25, 0.3) is 0 Å². The molecule has 2 aromatic carbocycles. The maximum atomic E-state index is 12.6. The topological polar surface area (TPSA) is 59.4 Å². The van der Waals surface area contributed by atoms with Crippen LogP contribution in [0.25, 0.3) is 11.3 Å². The average molecular weight is 518 g/mol. The molecule has 1 amide bonds. The summed E-state index contributed by atoms with van der Waals surface area (Å²) in [6, 6.07) is 13.0. The number of nitrogens with zero attached hydrogens (tertiary/aromatic N) is 3. The lowest BCUT2D eigenvalue weighted by Gasteiger charge is -2.18. The van der Waals surface area contributed by atoms with Gasteiger partial charge in [-0.15, -0.1) is 0 Å². The number of carbonyl (C=O) groups excluding carboxylic acids is 1. The number of aryl methyl sites for hydroxylation is 1. The summed E-state index contributed by atoms with van der Waals surface area (Å²) < 4.78 is 8.84. The zero-order chi connectivity index (χ0) is 22.5. The first kappa shape index (κ1) is 22.8. The highest BCUT2D eigenvalue weighted by atomic mass is 79.9. The van der Waals surface area contributed by atoms with E-state index in [0.29, 0.717) is 17.3 Å². The Kier molecular flexibility index (Phi) is 7.50. The second-order valence-electron chi connectivity index (χ2n) is 7.92. The van der Waals surface area contributed by atoms with E-state index >= 15 is 0 Å². The maximum absolute atomic E-state index is 12.6. The maximum Gasteiger partial charge on any atom is 0.228 e. The monoisotopic (exact) mass is 516 g/mol. The van der Waals surface area contributed by atoms with E-state index in [0.717, 1.165) is 46.7 Å². The fourth-order valence-electron chi connectivity index (χ4n) is 3.92. The Hall–Kier alpha value is -2.35. The summed E-state index contributed by atoms with van der Waals surface area (Å²) >= 11 is 9.52. The third kappa shape index (κ3) is 5.71. The number of ether oxygens (including phenoxy) is 1. The normalized spacial score (nSPS) is 14.0. The van der Waals surface area contributed by atoms with Crippen LogP contribution in [-0.4, -0.2) is 46.8 Å². The predicted octanol–water partition coefficient (Wildman–Crippen LogP) is 5.16. The summed E-state index contributed by atoms with van der Waals surface area (Å²) in [7, 11) is 1.89. The van der Waals surface area contributed by atoms with E-state index in [9.17, 15) is 4.79 Å². The van der Waals surface area contributed by atoms with E-state index < -0.39 is 0 Å². The molecule has 2 heterocycles. The molecule has 168 valence electrons. The number of hydrogen-bond donors (Lipinski definition) is 1. The second kappa shape index (κ2) is 10.5. The van der Waals surface area contributed by atoms with E-state index in [-0.39, 0.29) is 12.3 Å². The molecule has 1 aliphatic rings. The minimum Gasteiger partial charge on any atom is -0.492 e. The molecule has 1 fully saturated rings. The Bertz CT molecular complexity index is 1060. The van der Waals surface area contributed by atoms with Gasteiger partial charge >= 0.3 is 0 Å². The number of halogens is 2. The van der Waals surface area contributed by atoms with Crippen molar-refractivity contribution in [3.8, 4) is 17.0 Å². The molecule has 0 aliphatic carbocycles. The van der Waals surface area contributed by atoms with E-state index in [1.807, 2.05) is 37.4 Å². The summed E-state index contributed by atoms with van der Waals surface area (Å²) in [6.45, 7) is 3.81. The number of nitrogens with one attached hydrogen (secondary N) is 1. The van der Waals surface area contributed by atoms with Crippen LogP contribution in [0, 0.1) is 0 Å². The van der Waals surface area contributed by atoms with Gasteiger partial charge in [0.05, 0.1) is 22.8 Å². The zero-order valence-corrected chi connectivity index (χ0v) is 20.3. The highest BCUT2D eigenvalue weighted by Gasteiger charge is 2.17. The molecule has 1 saturated heterocycles. The highest BCUT2D eigenvalue weighted by molar-refractivity contribution is 9.10. The van der Waals surface area contributed by atoms with Crippen molar-refractivity contribution < 1.29 is 9.53 Å². The van der Waals surface area contributed by atoms with Gasteiger partial charge in [-0.05, 0) is 77.8 Å². The molecule has 3 aromatic rings. The minimum absolute atomic E-state index is 0.0925. The van der Waals surface area contributed by atoms with Crippen molar-refractivity contribution in [1.82, 2.24) is 14.7 Å². The fraction of sp³-hybridized carbons (Fsp3) is 0.333. The van der Waals surface area contributed by atoms with Gasteiger partial charge in [0, 0.05) is 29.9 Å². The molecule has 1 N–H and O–H groups in total. The molecule has 0 saturated carbocycles. The lowest BCUT2D eigenvalue weighted by molar-refractivity contribution is -0.115. The number of carbonyl (C=O) groups is 1. The Labute approximate surface area is 201 Å². The van der Waals surface area contributed by atoms with E-state index in [1.165, 1.54) is 12.8 Å². The van der Waals surface area contributed by atoms with Crippen LogP contribution in [0.15, 0.2) is 53.1 Å². The highest BCUT2D eigenvalue weighted by Crippen LogP contribution is 2.36. The standard InChI is InChI=1S/C24H26BrClN4O2/c1-29-24(21(25)16-27-29)20-15-19(28-23(31)14-17-4-6-18(26)7-5-17)8-9-22(20)32-13-12-30-10-2-3-11-30/h4-9,15-16H,2-3,10-14H2,1H3,(H,28,31). The third-order valence-electron chi connectivity index (χ3n) is 5.55. The Morgan fingerprint density at radius 2 is 1.94 bits per heavy atom. The van der Waals surface area contributed by atoms with Crippen LogP contribution < -0.4 is 10.1 Å². The summed E-state index contributed by atoms with van der Waals surface area (Å²) in [5, 5.41) is 7.99. The molecular weight excluding hydrogens is 492 g/mol. The molecule has 32 heavy (non-hydrogen) atoms.